The van der Waals surface area contributed by atoms with E-state index in [4.69, 9.17) is 0 Å². The highest BCUT2D eigenvalue weighted by atomic mass is 32.2. The van der Waals surface area contributed by atoms with Crippen LogP contribution < -0.4 is 4.72 Å². The molecule has 0 aliphatic heterocycles. The molecule has 118 valence electrons. The van der Waals surface area contributed by atoms with E-state index in [-0.39, 0.29) is 11.7 Å². The highest BCUT2D eigenvalue weighted by Gasteiger charge is 2.16. The fraction of sp³-hybridized carbons (Fsp3) is 0.353. The van der Waals surface area contributed by atoms with E-state index >= 15 is 0 Å². The molecule has 0 bridgehead atoms. The Bertz CT molecular complexity index is 658. The molecule has 5 heteroatoms. The van der Waals surface area contributed by atoms with E-state index in [0.717, 1.165) is 17.5 Å². The molecule has 1 unspecified atom stereocenters. The second-order valence-corrected chi connectivity index (χ2v) is 7.27. The molecule has 0 saturated carbocycles. The minimum Gasteiger partial charge on any atom is -0.264 e. The average molecular weight is 318 g/mol. The summed E-state index contributed by atoms with van der Waals surface area (Å²) in [4.78, 5) is 4.13. The van der Waals surface area contributed by atoms with Crippen LogP contribution in [0.5, 0.6) is 0 Å². The van der Waals surface area contributed by atoms with Crippen molar-refractivity contribution in [2.45, 2.75) is 25.7 Å². The van der Waals surface area contributed by atoms with Gasteiger partial charge in [0.05, 0.1) is 5.75 Å². The Labute approximate surface area is 132 Å². The first-order valence-electron chi connectivity index (χ1n) is 7.52. The van der Waals surface area contributed by atoms with Crippen LogP contribution in [-0.4, -0.2) is 25.7 Å². The van der Waals surface area contributed by atoms with Gasteiger partial charge in [0.15, 0.2) is 0 Å². The van der Waals surface area contributed by atoms with Crippen LogP contribution in [0.25, 0.3) is 0 Å². The zero-order valence-electron chi connectivity index (χ0n) is 12.8. The first-order chi connectivity index (χ1) is 10.6. The van der Waals surface area contributed by atoms with Gasteiger partial charge in [-0.05, 0) is 30.0 Å². The van der Waals surface area contributed by atoms with Gasteiger partial charge >= 0.3 is 0 Å². The van der Waals surface area contributed by atoms with Gasteiger partial charge in [0.2, 0.25) is 10.0 Å². The van der Waals surface area contributed by atoms with E-state index in [1.807, 2.05) is 55.6 Å². The summed E-state index contributed by atoms with van der Waals surface area (Å²) >= 11 is 0. The topological polar surface area (TPSA) is 59.1 Å². The van der Waals surface area contributed by atoms with Gasteiger partial charge in [0.1, 0.15) is 0 Å². The molecule has 1 aromatic carbocycles. The maximum Gasteiger partial charge on any atom is 0.211 e. The third-order valence-corrected chi connectivity index (χ3v) is 5.05. The molecule has 0 radical (unpaired) electrons. The van der Waals surface area contributed by atoms with Crippen LogP contribution in [0.4, 0.5) is 0 Å². The van der Waals surface area contributed by atoms with Gasteiger partial charge in [-0.3, -0.25) is 4.98 Å². The number of benzene rings is 1. The predicted octanol–water partition coefficient (Wildman–Crippen LogP) is 2.74. The van der Waals surface area contributed by atoms with Crippen LogP contribution in [0.1, 0.15) is 30.4 Å². The Kier molecular flexibility index (Phi) is 6.10. The molecule has 0 aliphatic rings. The number of hydrogen-bond donors (Lipinski definition) is 1. The second-order valence-electron chi connectivity index (χ2n) is 5.34. The molecule has 0 spiro atoms. The maximum atomic E-state index is 11.9. The van der Waals surface area contributed by atoms with E-state index in [1.165, 1.54) is 0 Å². The van der Waals surface area contributed by atoms with Crippen molar-refractivity contribution in [3.8, 4) is 0 Å². The van der Waals surface area contributed by atoms with Crippen LogP contribution in [0.15, 0.2) is 54.9 Å². The van der Waals surface area contributed by atoms with E-state index in [0.29, 0.717) is 13.0 Å². The lowest BCUT2D eigenvalue weighted by Crippen LogP contribution is -2.31. The van der Waals surface area contributed by atoms with Gasteiger partial charge in [-0.25, -0.2) is 13.1 Å². The second kappa shape index (κ2) is 8.06. The van der Waals surface area contributed by atoms with Crippen molar-refractivity contribution in [3.63, 3.8) is 0 Å². The minimum absolute atomic E-state index is 0.0945. The van der Waals surface area contributed by atoms with Gasteiger partial charge in [0, 0.05) is 24.9 Å². The van der Waals surface area contributed by atoms with Crippen molar-refractivity contribution in [1.29, 1.82) is 0 Å². The minimum atomic E-state index is -3.19. The van der Waals surface area contributed by atoms with Crippen molar-refractivity contribution >= 4 is 10.0 Å². The van der Waals surface area contributed by atoms with E-state index in [2.05, 4.69) is 9.71 Å². The molecule has 1 heterocycles. The summed E-state index contributed by atoms with van der Waals surface area (Å²) in [6.07, 6.45) is 4.95. The molecule has 2 aromatic rings. The smallest absolute Gasteiger partial charge is 0.211 e. The van der Waals surface area contributed by atoms with Gasteiger partial charge < -0.3 is 0 Å². The summed E-state index contributed by atoms with van der Waals surface area (Å²) in [6, 6.07) is 13.9. The Morgan fingerprint density at radius 1 is 1.14 bits per heavy atom. The molecular weight excluding hydrogens is 296 g/mol. The molecule has 1 aromatic heterocycles. The van der Waals surface area contributed by atoms with Crippen LogP contribution in [0, 0.1) is 0 Å². The lowest BCUT2D eigenvalue weighted by molar-refractivity contribution is 0.567. The maximum absolute atomic E-state index is 11.9. The number of nitrogens with one attached hydrogen (secondary N) is 1. The van der Waals surface area contributed by atoms with E-state index in [1.54, 1.807) is 6.20 Å². The molecular formula is C17H22N2O2S. The molecule has 4 nitrogen and oxygen atoms in total. The Hall–Kier alpha value is -1.72. The summed E-state index contributed by atoms with van der Waals surface area (Å²) in [7, 11) is -3.19. The summed E-state index contributed by atoms with van der Waals surface area (Å²) < 4.78 is 26.5. The SMILES string of the molecule is CCCS(=O)(=O)NCC(Cc1cccnc1)c1ccccc1. The van der Waals surface area contributed by atoms with Crippen LogP contribution in [0.2, 0.25) is 0 Å². The molecule has 1 N–H and O–H groups in total. The number of rotatable bonds is 8. The van der Waals surface area contributed by atoms with Crippen molar-refractivity contribution in [2.75, 3.05) is 12.3 Å². The lowest BCUT2D eigenvalue weighted by atomic mass is 9.93. The Balaban J connectivity index is 2.12. The number of hydrogen-bond acceptors (Lipinski definition) is 3. The quantitative estimate of drug-likeness (QED) is 0.814. The number of aromatic nitrogens is 1. The Morgan fingerprint density at radius 3 is 2.55 bits per heavy atom. The summed E-state index contributed by atoms with van der Waals surface area (Å²) in [5.41, 5.74) is 2.23. The highest BCUT2D eigenvalue weighted by Crippen LogP contribution is 2.20. The fourth-order valence-electron chi connectivity index (χ4n) is 2.40. The Morgan fingerprint density at radius 2 is 1.91 bits per heavy atom. The van der Waals surface area contributed by atoms with Gasteiger partial charge in [-0.1, -0.05) is 43.3 Å². The van der Waals surface area contributed by atoms with Gasteiger partial charge in [-0.2, -0.15) is 0 Å². The van der Waals surface area contributed by atoms with Crippen molar-refractivity contribution in [1.82, 2.24) is 9.71 Å². The van der Waals surface area contributed by atoms with E-state index < -0.39 is 10.0 Å². The number of nitrogens with zero attached hydrogens (tertiary/aromatic N) is 1. The van der Waals surface area contributed by atoms with Crippen LogP contribution in [-0.2, 0) is 16.4 Å². The summed E-state index contributed by atoms with van der Waals surface area (Å²) in [5, 5.41) is 0. The highest BCUT2D eigenvalue weighted by molar-refractivity contribution is 7.89. The van der Waals surface area contributed by atoms with Crippen molar-refractivity contribution < 1.29 is 8.42 Å². The molecule has 2 rings (SSSR count). The summed E-state index contributed by atoms with van der Waals surface area (Å²) in [6.45, 7) is 2.27. The van der Waals surface area contributed by atoms with Crippen LogP contribution >= 0.6 is 0 Å². The average Bonchev–Trinajstić information content (AvgIpc) is 2.53. The zero-order chi connectivity index (χ0) is 15.8. The first-order valence-corrected chi connectivity index (χ1v) is 9.17. The zero-order valence-corrected chi connectivity index (χ0v) is 13.6. The van der Waals surface area contributed by atoms with E-state index in [9.17, 15) is 8.42 Å². The van der Waals surface area contributed by atoms with Gasteiger partial charge in [0.25, 0.3) is 0 Å². The number of pyridine rings is 1. The molecule has 0 aliphatic carbocycles. The number of sulfonamides is 1. The van der Waals surface area contributed by atoms with Crippen LogP contribution in [0.3, 0.4) is 0 Å². The molecule has 0 saturated heterocycles. The lowest BCUT2D eigenvalue weighted by Gasteiger charge is -2.18. The fourth-order valence-corrected chi connectivity index (χ4v) is 3.54. The normalized spacial score (nSPS) is 13.0. The molecule has 0 amide bonds. The third-order valence-electron chi connectivity index (χ3n) is 3.50. The standard InChI is InChI=1S/C17H22N2O2S/c1-2-11-22(20,21)19-14-17(16-8-4-3-5-9-16)12-15-7-6-10-18-13-15/h3-10,13,17,19H,2,11-12,14H2,1H3. The molecule has 1 atom stereocenters. The predicted molar refractivity (Wildman–Crippen MR) is 89.2 cm³/mol. The largest absolute Gasteiger partial charge is 0.264 e. The molecule has 0 fully saturated rings. The third kappa shape index (κ3) is 5.24. The van der Waals surface area contributed by atoms with Crippen molar-refractivity contribution in [2.24, 2.45) is 0 Å². The first kappa shape index (κ1) is 16.6. The summed E-state index contributed by atoms with van der Waals surface area (Å²) in [5.74, 6) is 0.263. The molecule has 22 heavy (non-hydrogen) atoms. The van der Waals surface area contributed by atoms with Crippen molar-refractivity contribution in [3.05, 3.63) is 66.0 Å². The van der Waals surface area contributed by atoms with Gasteiger partial charge in [-0.15, -0.1) is 0 Å². The monoisotopic (exact) mass is 318 g/mol.